The quantitative estimate of drug-likeness (QED) is 0.832. The lowest BCUT2D eigenvalue weighted by Crippen LogP contribution is -2.33. The second kappa shape index (κ2) is 6.27. The standard InChI is InChI=1S/C13H17Cl2NO/c1-8-6-11(4-5-12(8)15)13(17)16-10(3)7-9(2)14/h4-6,9-10H,7H2,1-3H3,(H,16,17). The highest BCUT2D eigenvalue weighted by molar-refractivity contribution is 6.31. The van der Waals surface area contributed by atoms with Gasteiger partial charge < -0.3 is 5.32 Å². The van der Waals surface area contributed by atoms with Crippen molar-refractivity contribution in [2.75, 3.05) is 0 Å². The van der Waals surface area contributed by atoms with E-state index in [1.807, 2.05) is 20.8 Å². The number of benzene rings is 1. The lowest BCUT2D eigenvalue weighted by molar-refractivity contribution is 0.0938. The van der Waals surface area contributed by atoms with Crippen LogP contribution in [0.1, 0.15) is 36.2 Å². The van der Waals surface area contributed by atoms with Crippen LogP contribution in [0, 0.1) is 6.92 Å². The predicted octanol–water partition coefficient (Wildman–Crippen LogP) is 3.78. The molecule has 0 aliphatic carbocycles. The molecule has 0 aliphatic heterocycles. The summed E-state index contributed by atoms with van der Waals surface area (Å²) in [5, 5.41) is 3.63. The van der Waals surface area contributed by atoms with E-state index in [4.69, 9.17) is 23.2 Å². The number of halogens is 2. The van der Waals surface area contributed by atoms with Crippen molar-refractivity contribution in [2.45, 2.75) is 38.6 Å². The molecular formula is C13H17Cl2NO. The molecule has 1 aromatic carbocycles. The van der Waals surface area contributed by atoms with E-state index in [-0.39, 0.29) is 17.3 Å². The molecular weight excluding hydrogens is 257 g/mol. The number of carbonyl (C=O) groups excluding carboxylic acids is 1. The van der Waals surface area contributed by atoms with E-state index in [0.29, 0.717) is 10.6 Å². The van der Waals surface area contributed by atoms with Crippen LogP contribution in [0.4, 0.5) is 0 Å². The Balaban J connectivity index is 2.66. The third-order valence-corrected chi connectivity index (χ3v) is 3.08. The number of alkyl halides is 1. The maximum Gasteiger partial charge on any atom is 0.251 e. The molecule has 4 heteroatoms. The van der Waals surface area contributed by atoms with Crippen LogP contribution >= 0.6 is 23.2 Å². The average molecular weight is 274 g/mol. The Morgan fingerprint density at radius 1 is 1.41 bits per heavy atom. The van der Waals surface area contributed by atoms with Crippen LogP contribution in [0.5, 0.6) is 0 Å². The zero-order valence-electron chi connectivity index (χ0n) is 10.3. The highest BCUT2D eigenvalue weighted by Crippen LogP contribution is 2.16. The van der Waals surface area contributed by atoms with Crippen molar-refractivity contribution < 1.29 is 4.79 Å². The summed E-state index contributed by atoms with van der Waals surface area (Å²) in [5.74, 6) is -0.0883. The van der Waals surface area contributed by atoms with Crippen LogP contribution in [-0.2, 0) is 0 Å². The van der Waals surface area contributed by atoms with Gasteiger partial charge >= 0.3 is 0 Å². The van der Waals surface area contributed by atoms with Crippen molar-refractivity contribution in [3.63, 3.8) is 0 Å². The molecule has 0 heterocycles. The summed E-state index contributed by atoms with van der Waals surface area (Å²) in [4.78, 5) is 11.9. The third kappa shape index (κ3) is 4.57. The number of amides is 1. The Labute approximate surface area is 112 Å². The van der Waals surface area contributed by atoms with Gasteiger partial charge in [-0.15, -0.1) is 11.6 Å². The van der Waals surface area contributed by atoms with Crippen LogP contribution in [0.25, 0.3) is 0 Å². The largest absolute Gasteiger partial charge is 0.350 e. The second-order valence-electron chi connectivity index (χ2n) is 4.35. The van der Waals surface area contributed by atoms with E-state index >= 15 is 0 Å². The van der Waals surface area contributed by atoms with Gasteiger partial charge in [-0.3, -0.25) is 4.79 Å². The number of nitrogens with one attached hydrogen (secondary N) is 1. The molecule has 0 saturated heterocycles. The second-order valence-corrected chi connectivity index (χ2v) is 5.51. The molecule has 0 bridgehead atoms. The van der Waals surface area contributed by atoms with Crippen molar-refractivity contribution in [1.82, 2.24) is 5.32 Å². The summed E-state index contributed by atoms with van der Waals surface area (Å²) >= 11 is 11.8. The van der Waals surface area contributed by atoms with Crippen LogP contribution in [0.2, 0.25) is 5.02 Å². The molecule has 2 atom stereocenters. The predicted molar refractivity (Wildman–Crippen MR) is 73.0 cm³/mol. The molecule has 0 spiro atoms. The van der Waals surface area contributed by atoms with E-state index in [2.05, 4.69) is 5.32 Å². The highest BCUT2D eigenvalue weighted by atomic mass is 35.5. The number of rotatable bonds is 4. The molecule has 0 fully saturated rings. The molecule has 0 aromatic heterocycles. The van der Waals surface area contributed by atoms with E-state index in [1.165, 1.54) is 0 Å². The van der Waals surface area contributed by atoms with E-state index in [1.54, 1.807) is 18.2 Å². The molecule has 1 amide bonds. The Kier molecular flexibility index (Phi) is 5.29. The van der Waals surface area contributed by atoms with Gasteiger partial charge in [0.1, 0.15) is 0 Å². The van der Waals surface area contributed by atoms with Crippen LogP contribution < -0.4 is 5.32 Å². The minimum absolute atomic E-state index is 0.0530. The smallest absolute Gasteiger partial charge is 0.251 e. The summed E-state index contributed by atoms with van der Waals surface area (Å²) in [5.41, 5.74) is 1.53. The third-order valence-electron chi connectivity index (χ3n) is 2.48. The Morgan fingerprint density at radius 3 is 2.59 bits per heavy atom. The van der Waals surface area contributed by atoms with E-state index in [9.17, 15) is 4.79 Å². The number of hydrogen-bond acceptors (Lipinski definition) is 1. The number of aryl methyl sites for hydroxylation is 1. The summed E-state index contributed by atoms with van der Waals surface area (Å²) in [7, 11) is 0. The minimum atomic E-state index is -0.0883. The molecule has 2 unspecified atom stereocenters. The normalized spacial score (nSPS) is 14.2. The molecule has 0 aliphatic rings. The fraction of sp³-hybridized carbons (Fsp3) is 0.462. The number of carbonyl (C=O) groups is 1. The first-order valence-corrected chi connectivity index (χ1v) is 6.42. The molecule has 0 saturated carbocycles. The van der Waals surface area contributed by atoms with Crippen LogP contribution in [-0.4, -0.2) is 17.3 Å². The van der Waals surface area contributed by atoms with Gasteiger partial charge in [0.25, 0.3) is 5.91 Å². The molecule has 1 rings (SSSR count). The summed E-state index contributed by atoms with van der Waals surface area (Å²) < 4.78 is 0. The van der Waals surface area contributed by atoms with Gasteiger partial charge in [0, 0.05) is 22.0 Å². The zero-order valence-corrected chi connectivity index (χ0v) is 11.8. The molecule has 1 N–H and O–H groups in total. The fourth-order valence-electron chi connectivity index (χ4n) is 1.64. The minimum Gasteiger partial charge on any atom is -0.350 e. The van der Waals surface area contributed by atoms with Crippen molar-refractivity contribution in [3.05, 3.63) is 34.3 Å². The van der Waals surface area contributed by atoms with Crippen molar-refractivity contribution in [3.8, 4) is 0 Å². The number of hydrogen-bond donors (Lipinski definition) is 1. The van der Waals surface area contributed by atoms with Gasteiger partial charge in [0.15, 0.2) is 0 Å². The average Bonchev–Trinajstić information content (AvgIpc) is 2.20. The summed E-state index contributed by atoms with van der Waals surface area (Å²) in [6.07, 6.45) is 0.750. The first-order chi connectivity index (χ1) is 7.90. The molecule has 1 aromatic rings. The first-order valence-electron chi connectivity index (χ1n) is 5.61. The lowest BCUT2D eigenvalue weighted by Gasteiger charge is -2.15. The van der Waals surface area contributed by atoms with Gasteiger partial charge in [-0.25, -0.2) is 0 Å². The van der Waals surface area contributed by atoms with E-state index in [0.717, 1.165) is 12.0 Å². The van der Waals surface area contributed by atoms with Crippen LogP contribution in [0.15, 0.2) is 18.2 Å². The first kappa shape index (κ1) is 14.3. The van der Waals surface area contributed by atoms with Gasteiger partial charge in [-0.2, -0.15) is 0 Å². The Morgan fingerprint density at radius 2 is 2.06 bits per heavy atom. The van der Waals surface area contributed by atoms with Crippen LogP contribution in [0.3, 0.4) is 0 Å². The highest BCUT2D eigenvalue weighted by Gasteiger charge is 2.12. The van der Waals surface area contributed by atoms with Gasteiger partial charge in [0.05, 0.1) is 0 Å². The SMILES string of the molecule is Cc1cc(C(=O)NC(C)CC(C)Cl)ccc1Cl. The maximum atomic E-state index is 11.9. The van der Waals surface area contributed by atoms with E-state index < -0.39 is 0 Å². The maximum absolute atomic E-state index is 11.9. The van der Waals surface area contributed by atoms with Gasteiger partial charge in [-0.05, 0) is 51.0 Å². The van der Waals surface area contributed by atoms with Crippen molar-refractivity contribution in [2.24, 2.45) is 0 Å². The van der Waals surface area contributed by atoms with Gasteiger partial charge in [-0.1, -0.05) is 11.6 Å². The summed E-state index contributed by atoms with van der Waals surface area (Å²) in [6.45, 7) is 5.74. The van der Waals surface area contributed by atoms with Gasteiger partial charge in [0.2, 0.25) is 0 Å². The molecule has 17 heavy (non-hydrogen) atoms. The summed E-state index contributed by atoms with van der Waals surface area (Å²) in [6, 6.07) is 5.31. The van der Waals surface area contributed by atoms with Crippen molar-refractivity contribution in [1.29, 1.82) is 0 Å². The monoisotopic (exact) mass is 273 g/mol. The molecule has 2 nitrogen and oxygen atoms in total. The topological polar surface area (TPSA) is 29.1 Å². The Bertz CT molecular complexity index is 404. The lowest BCUT2D eigenvalue weighted by atomic mass is 10.1. The van der Waals surface area contributed by atoms with Crippen molar-refractivity contribution >= 4 is 29.1 Å². The molecule has 94 valence electrons. The fourth-order valence-corrected chi connectivity index (χ4v) is 2.02. The zero-order chi connectivity index (χ0) is 13.0. The Hall–Kier alpha value is -0.730. The molecule has 0 radical (unpaired) electrons.